The van der Waals surface area contributed by atoms with Crippen molar-refractivity contribution in [3.63, 3.8) is 0 Å². The SMILES string of the molecule is CC(N)C(C)C(=O)NCCCn1ccc2ccccc21. The van der Waals surface area contributed by atoms with Crippen LogP contribution in [0.4, 0.5) is 0 Å². The van der Waals surface area contributed by atoms with Crippen LogP contribution in [0.2, 0.25) is 0 Å². The predicted molar refractivity (Wildman–Crippen MR) is 82.4 cm³/mol. The van der Waals surface area contributed by atoms with Crippen molar-refractivity contribution in [3.05, 3.63) is 36.5 Å². The van der Waals surface area contributed by atoms with E-state index in [1.165, 1.54) is 10.9 Å². The second kappa shape index (κ2) is 6.57. The number of para-hydroxylation sites is 1. The van der Waals surface area contributed by atoms with E-state index in [9.17, 15) is 4.79 Å². The van der Waals surface area contributed by atoms with Crippen molar-refractivity contribution in [2.75, 3.05) is 6.54 Å². The Bertz CT molecular complexity index is 574. The zero-order chi connectivity index (χ0) is 14.5. The van der Waals surface area contributed by atoms with Gasteiger partial charge in [0.25, 0.3) is 0 Å². The van der Waals surface area contributed by atoms with Crippen LogP contribution < -0.4 is 11.1 Å². The number of rotatable bonds is 6. The lowest BCUT2D eigenvalue weighted by Gasteiger charge is -2.15. The van der Waals surface area contributed by atoms with Gasteiger partial charge in [0.2, 0.25) is 5.91 Å². The molecule has 108 valence electrons. The largest absolute Gasteiger partial charge is 0.356 e. The summed E-state index contributed by atoms with van der Waals surface area (Å²) in [5.74, 6) is -0.0974. The van der Waals surface area contributed by atoms with Gasteiger partial charge in [0.15, 0.2) is 0 Å². The van der Waals surface area contributed by atoms with Gasteiger partial charge in [-0.2, -0.15) is 0 Å². The molecule has 2 rings (SSSR count). The second-order valence-corrected chi connectivity index (χ2v) is 5.36. The van der Waals surface area contributed by atoms with Crippen LogP contribution >= 0.6 is 0 Å². The van der Waals surface area contributed by atoms with Crippen LogP contribution in [-0.4, -0.2) is 23.1 Å². The van der Waals surface area contributed by atoms with Crippen molar-refractivity contribution in [3.8, 4) is 0 Å². The molecule has 20 heavy (non-hydrogen) atoms. The second-order valence-electron chi connectivity index (χ2n) is 5.36. The van der Waals surface area contributed by atoms with Crippen molar-refractivity contribution < 1.29 is 4.79 Å². The molecular formula is C16H23N3O. The summed E-state index contributed by atoms with van der Waals surface area (Å²) in [6.45, 7) is 5.30. The minimum absolute atomic E-state index is 0.0392. The number of nitrogens with one attached hydrogen (secondary N) is 1. The van der Waals surface area contributed by atoms with Crippen LogP contribution in [0.1, 0.15) is 20.3 Å². The summed E-state index contributed by atoms with van der Waals surface area (Å²) in [5, 5.41) is 4.19. The molecule has 0 aliphatic rings. The summed E-state index contributed by atoms with van der Waals surface area (Å²) < 4.78 is 2.22. The van der Waals surface area contributed by atoms with Gasteiger partial charge < -0.3 is 15.6 Å². The molecule has 0 saturated heterocycles. The molecule has 0 spiro atoms. The highest BCUT2D eigenvalue weighted by Crippen LogP contribution is 2.15. The van der Waals surface area contributed by atoms with Gasteiger partial charge in [-0.1, -0.05) is 25.1 Å². The summed E-state index contributed by atoms with van der Waals surface area (Å²) in [5.41, 5.74) is 6.95. The number of hydrogen-bond acceptors (Lipinski definition) is 2. The molecule has 2 atom stereocenters. The molecule has 1 amide bonds. The van der Waals surface area contributed by atoms with E-state index >= 15 is 0 Å². The molecule has 0 aliphatic heterocycles. The van der Waals surface area contributed by atoms with E-state index in [-0.39, 0.29) is 17.9 Å². The Kier molecular flexibility index (Phi) is 4.79. The Balaban J connectivity index is 1.80. The van der Waals surface area contributed by atoms with Crippen LogP contribution in [0.5, 0.6) is 0 Å². The van der Waals surface area contributed by atoms with Crippen molar-refractivity contribution in [2.45, 2.75) is 32.9 Å². The normalized spacial score (nSPS) is 14.2. The summed E-state index contributed by atoms with van der Waals surface area (Å²) in [4.78, 5) is 11.8. The Labute approximate surface area is 120 Å². The van der Waals surface area contributed by atoms with Crippen molar-refractivity contribution >= 4 is 16.8 Å². The molecule has 0 aliphatic carbocycles. The van der Waals surface area contributed by atoms with Gasteiger partial charge in [0.1, 0.15) is 0 Å². The molecule has 1 aromatic heterocycles. The van der Waals surface area contributed by atoms with Gasteiger partial charge in [-0.05, 0) is 30.9 Å². The first-order valence-electron chi connectivity index (χ1n) is 7.17. The third-order valence-corrected chi connectivity index (χ3v) is 3.76. The lowest BCUT2D eigenvalue weighted by Crippen LogP contribution is -2.39. The Hall–Kier alpha value is -1.81. The van der Waals surface area contributed by atoms with E-state index in [0.717, 1.165) is 13.0 Å². The molecule has 0 radical (unpaired) electrons. The van der Waals surface area contributed by atoms with Crippen LogP contribution in [0, 0.1) is 5.92 Å². The van der Waals surface area contributed by atoms with E-state index in [1.54, 1.807) is 0 Å². The van der Waals surface area contributed by atoms with Crippen LogP contribution in [-0.2, 0) is 11.3 Å². The number of amides is 1. The van der Waals surface area contributed by atoms with E-state index < -0.39 is 0 Å². The molecule has 4 heteroatoms. The zero-order valence-corrected chi connectivity index (χ0v) is 12.2. The molecule has 1 aromatic carbocycles. The van der Waals surface area contributed by atoms with Crippen molar-refractivity contribution in [1.29, 1.82) is 0 Å². The van der Waals surface area contributed by atoms with Crippen LogP contribution in [0.3, 0.4) is 0 Å². The summed E-state index contributed by atoms with van der Waals surface area (Å²) in [6, 6.07) is 10.3. The van der Waals surface area contributed by atoms with E-state index in [0.29, 0.717) is 6.54 Å². The molecule has 0 saturated carbocycles. The first-order chi connectivity index (χ1) is 9.59. The third-order valence-electron chi connectivity index (χ3n) is 3.76. The summed E-state index contributed by atoms with van der Waals surface area (Å²) >= 11 is 0. The van der Waals surface area contributed by atoms with Crippen LogP contribution in [0.15, 0.2) is 36.5 Å². The van der Waals surface area contributed by atoms with Gasteiger partial charge in [-0.25, -0.2) is 0 Å². The van der Waals surface area contributed by atoms with E-state index in [4.69, 9.17) is 5.73 Å². The van der Waals surface area contributed by atoms with Gasteiger partial charge in [-0.3, -0.25) is 4.79 Å². The smallest absolute Gasteiger partial charge is 0.224 e. The highest BCUT2D eigenvalue weighted by molar-refractivity contribution is 5.80. The van der Waals surface area contributed by atoms with E-state index in [2.05, 4.69) is 34.3 Å². The zero-order valence-electron chi connectivity index (χ0n) is 12.2. The molecule has 2 aromatic rings. The molecule has 0 fully saturated rings. The van der Waals surface area contributed by atoms with Gasteiger partial charge >= 0.3 is 0 Å². The van der Waals surface area contributed by atoms with Gasteiger partial charge in [0, 0.05) is 36.8 Å². The minimum Gasteiger partial charge on any atom is -0.356 e. The standard InChI is InChI=1S/C16H23N3O/c1-12(13(2)17)16(20)18-9-5-10-19-11-8-14-6-3-4-7-15(14)19/h3-4,6-8,11-13H,5,9-10,17H2,1-2H3,(H,18,20). The molecular weight excluding hydrogens is 250 g/mol. The average molecular weight is 273 g/mol. The summed E-state index contributed by atoms with van der Waals surface area (Å²) in [6.07, 6.45) is 3.01. The van der Waals surface area contributed by atoms with Gasteiger partial charge in [-0.15, -0.1) is 0 Å². The quantitative estimate of drug-likeness (QED) is 0.792. The Morgan fingerprint density at radius 1 is 1.30 bits per heavy atom. The fraction of sp³-hybridized carbons (Fsp3) is 0.438. The predicted octanol–water partition coefficient (Wildman–Crippen LogP) is 2.13. The highest BCUT2D eigenvalue weighted by Gasteiger charge is 2.15. The Morgan fingerprint density at radius 2 is 2.05 bits per heavy atom. The minimum atomic E-state index is -0.137. The number of benzene rings is 1. The molecule has 4 nitrogen and oxygen atoms in total. The summed E-state index contributed by atoms with van der Waals surface area (Å²) in [7, 11) is 0. The third kappa shape index (κ3) is 3.39. The molecule has 1 heterocycles. The molecule has 3 N–H and O–H groups in total. The first-order valence-corrected chi connectivity index (χ1v) is 7.17. The number of aryl methyl sites for hydroxylation is 1. The van der Waals surface area contributed by atoms with Crippen LogP contribution in [0.25, 0.3) is 10.9 Å². The number of hydrogen-bond donors (Lipinski definition) is 2. The number of carbonyl (C=O) groups is 1. The fourth-order valence-electron chi connectivity index (χ4n) is 2.20. The van der Waals surface area contributed by atoms with E-state index in [1.807, 2.05) is 26.0 Å². The fourth-order valence-corrected chi connectivity index (χ4v) is 2.20. The van der Waals surface area contributed by atoms with Crippen molar-refractivity contribution in [2.24, 2.45) is 11.7 Å². The maximum atomic E-state index is 11.8. The van der Waals surface area contributed by atoms with Gasteiger partial charge in [0.05, 0.1) is 0 Å². The number of carbonyl (C=O) groups excluding carboxylic acids is 1. The Morgan fingerprint density at radius 3 is 2.80 bits per heavy atom. The maximum Gasteiger partial charge on any atom is 0.224 e. The number of nitrogens with two attached hydrogens (primary N) is 1. The monoisotopic (exact) mass is 273 g/mol. The average Bonchev–Trinajstić information content (AvgIpc) is 2.85. The lowest BCUT2D eigenvalue weighted by molar-refractivity contribution is -0.124. The lowest BCUT2D eigenvalue weighted by atomic mass is 10.0. The highest BCUT2D eigenvalue weighted by atomic mass is 16.1. The number of fused-ring (bicyclic) bond motifs is 1. The number of aromatic nitrogens is 1. The topological polar surface area (TPSA) is 60.1 Å². The number of nitrogens with zero attached hydrogens (tertiary/aromatic N) is 1. The maximum absolute atomic E-state index is 11.8. The first kappa shape index (κ1) is 14.6. The molecule has 0 bridgehead atoms. The molecule has 2 unspecified atom stereocenters. The van der Waals surface area contributed by atoms with Crippen molar-refractivity contribution in [1.82, 2.24) is 9.88 Å².